The number of piperidine rings is 1. The molecule has 4 rings (SSSR count). The molecule has 1 saturated heterocycles. The van der Waals surface area contributed by atoms with Gasteiger partial charge in [-0.15, -0.1) is 0 Å². The van der Waals surface area contributed by atoms with Crippen LogP contribution in [0.2, 0.25) is 0 Å². The van der Waals surface area contributed by atoms with E-state index in [1.165, 1.54) is 0 Å². The zero-order chi connectivity index (χ0) is 18.9. The van der Waals surface area contributed by atoms with E-state index >= 15 is 0 Å². The van der Waals surface area contributed by atoms with Crippen molar-refractivity contribution >= 4 is 0 Å². The first-order valence-electron chi connectivity index (χ1n) is 10.1. The number of nitrogens with two attached hydrogens (primary N) is 1. The van der Waals surface area contributed by atoms with Crippen LogP contribution in [0.5, 0.6) is 0 Å². The molecule has 0 spiro atoms. The lowest BCUT2D eigenvalue weighted by atomic mass is 9.64. The van der Waals surface area contributed by atoms with Gasteiger partial charge in [0.05, 0.1) is 0 Å². The number of halogens is 2. The average molecular weight is 370 g/mol. The fraction of sp³-hybridized carbons (Fsp3) is 0.478. The van der Waals surface area contributed by atoms with Gasteiger partial charge in [0.15, 0.2) is 0 Å². The van der Waals surface area contributed by atoms with Gasteiger partial charge >= 0.3 is 0 Å². The average Bonchev–Trinajstić information content (AvgIpc) is 2.70. The van der Waals surface area contributed by atoms with Gasteiger partial charge in [-0.25, -0.2) is 8.78 Å². The first-order chi connectivity index (χ1) is 13.1. The lowest BCUT2D eigenvalue weighted by molar-refractivity contribution is 0.106. The molecule has 144 valence electrons. The summed E-state index contributed by atoms with van der Waals surface area (Å²) in [6, 6.07) is 14.7. The van der Waals surface area contributed by atoms with Gasteiger partial charge in [-0.05, 0) is 87.0 Å². The predicted molar refractivity (Wildman–Crippen MR) is 105 cm³/mol. The zero-order valence-corrected chi connectivity index (χ0v) is 15.7. The quantitative estimate of drug-likeness (QED) is 0.854. The van der Waals surface area contributed by atoms with E-state index in [0.29, 0.717) is 12.1 Å². The van der Waals surface area contributed by atoms with Crippen molar-refractivity contribution in [1.29, 1.82) is 0 Å². The van der Waals surface area contributed by atoms with Gasteiger partial charge in [0.2, 0.25) is 0 Å². The Morgan fingerprint density at radius 3 is 1.63 bits per heavy atom. The van der Waals surface area contributed by atoms with Gasteiger partial charge in [0.1, 0.15) is 11.6 Å². The van der Waals surface area contributed by atoms with E-state index in [1.807, 2.05) is 24.3 Å². The summed E-state index contributed by atoms with van der Waals surface area (Å²) in [4.78, 5) is 2.60. The maximum Gasteiger partial charge on any atom is 0.123 e. The lowest BCUT2D eigenvalue weighted by Gasteiger charge is -2.46. The maximum absolute atomic E-state index is 13.5. The molecule has 2 aliphatic rings. The fourth-order valence-electron chi connectivity index (χ4n) is 5.03. The molecular formula is C23H28F2N2. The summed E-state index contributed by atoms with van der Waals surface area (Å²) >= 11 is 0. The Bertz CT molecular complexity index is 693. The summed E-state index contributed by atoms with van der Waals surface area (Å²) in [6.07, 6.45) is 6.36. The van der Waals surface area contributed by atoms with E-state index in [-0.39, 0.29) is 17.0 Å². The smallest absolute Gasteiger partial charge is 0.123 e. The van der Waals surface area contributed by atoms with Crippen molar-refractivity contribution in [2.75, 3.05) is 13.1 Å². The molecule has 1 aliphatic carbocycles. The lowest BCUT2D eigenvalue weighted by Crippen LogP contribution is -2.48. The number of likely N-dealkylation sites (tertiary alicyclic amines) is 1. The molecule has 0 radical (unpaired) electrons. The summed E-state index contributed by atoms with van der Waals surface area (Å²) in [5.74, 6) is -0.433. The molecule has 0 aromatic heterocycles. The van der Waals surface area contributed by atoms with Crippen LogP contribution in [-0.2, 0) is 5.41 Å². The van der Waals surface area contributed by atoms with Gasteiger partial charge in [0, 0.05) is 17.5 Å². The van der Waals surface area contributed by atoms with Crippen LogP contribution in [0, 0.1) is 11.6 Å². The Kier molecular flexibility index (Phi) is 5.29. The second-order valence-electron chi connectivity index (χ2n) is 8.20. The zero-order valence-electron chi connectivity index (χ0n) is 15.7. The van der Waals surface area contributed by atoms with Crippen LogP contribution >= 0.6 is 0 Å². The van der Waals surface area contributed by atoms with E-state index in [1.54, 1.807) is 24.3 Å². The SMILES string of the molecule is NC1CCN(C2CCC(c3ccc(F)cc3)(c3ccc(F)cc3)CC2)CC1. The Hall–Kier alpha value is -1.78. The Morgan fingerprint density at radius 2 is 1.19 bits per heavy atom. The van der Waals surface area contributed by atoms with Crippen LogP contribution in [0.25, 0.3) is 0 Å². The van der Waals surface area contributed by atoms with Crippen molar-refractivity contribution in [2.24, 2.45) is 5.73 Å². The molecule has 2 aromatic carbocycles. The van der Waals surface area contributed by atoms with Crippen molar-refractivity contribution in [3.05, 3.63) is 71.3 Å². The van der Waals surface area contributed by atoms with Gasteiger partial charge in [0.25, 0.3) is 0 Å². The summed E-state index contributed by atoms with van der Waals surface area (Å²) in [5.41, 5.74) is 8.16. The Balaban J connectivity index is 1.59. The fourth-order valence-corrected chi connectivity index (χ4v) is 5.03. The second-order valence-corrected chi connectivity index (χ2v) is 8.20. The van der Waals surface area contributed by atoms with Gasteiger partial charge in [-0.2, -0.15) is 0 Å². The molecule has 2 N–H and O–H groups in total. The monoisotopic (exact) mass is 370 g/mol. The number of hydrogen-bond acceptors (Lipinski definition) is 2. The second kappa shape index (κ2) is 7.69. The third kappa shape index (κ3) is 3.78. The third-order valence-electron chi connectivity index (χ3n) is 6.69. The van der Waals surface area contributed by atoms with Crippen LogP contribution in [0.15, 0.2) is 48.5 Å². The molecule has 27 heavy (non-hydrogen) atoms. The van der Waals surface area contributed by atoms with E-state index in [0.717, 1.165) is 62.7 Å². The van der Waals surface area contributed by atoms with E-state index in [9.17, 15) is 8.78 Å². The molecule has 0 unspecified atom stereocenters. The molecular weight excluding hydrogens is 342 g/mol. The Labute approximate surface area is 160 Å². The number of rotatable bonds is 3. The number of benzene rings is 2. The van der Waals surface area contributed by atoms with Gasteiger partial charge < -0.3 is 10.6 Å². The summed E-state index contributed by atoms with van der Waals surface area (Å²) in [5, 5.41) is 0. The Morgan fingerprint density at radius 1 is 0.741 bits per heavy atom. The summed E-state index contributed by atoms with van der Waals surface area (Å²) < 4.78 is 27.0. The summed E-state index contributed by atoms with van der Waals surface area (Å²) in [7, 11) is 0. The van der Waals surface area contributed by atoms with Gasteiger partial charge in [-0.1, -0.05) is 24.3 Å². The van der Waals surface area contributed by atoms with Crippen molar-refractivity contribution in [3.8, 4) is 0 Å². The molecule has 4 heteroatoms. The molecule has 1 saturated carbocycles. The van der Waals surface area contributed by atoms with Crippen LogP contribution in [0.3, 0.4) is 0 Å². The molecule has 2 aromatic rings. The van der Waals surface area contributed by atoms with Crippen molar-refractivity contribution in [3.63, 3.8) is 0 Å². The molecule has 0 atom stereocenters. The molecule has 2 fully saturated rings. The third-order valence-corrected chi connectivity index (χ3v) is 6.69. The largest absolute Gasteiger partial charge is 0.328 e. The van der Waals surface area contributed by atoms with Crippen LogP contribution in [-0.4, -0.2) is 30.1 Å². The molecule has 1 heterocycles. The minimum atomic E-state index is -0.216. The predicted octanol–water partition coefficient (Wildman–Crippen LogP) is 4.62. The first-order valence-corrected chi connectivity index (χ1v) is 10.1. The number of nitrogens with zero attached hydrogens (tertiary/aromatic N) is 1. The minimum absolute atomic E-state index is 0.163. The van der Waals surface area contributed by atoms with Crippen LogP contribution in [0.1, 0.15) is 49.7 Å². The normalized spacial score (nSPS) is 22.0. The first kappa shape index (κ1) is 18.6. The van der Waals surface area contributed by atoms with Crippen LogP contribution in [0.4, 0.5) is 8.78 Å². The van der Waals surface area contributed by atoms with Gasteiger partial charge in [-0.3, -0.25) is 0 Å². The minimum Gasteiger partial charge on any atom is -0.328 e. The van der Waals surface area contributed by atoms with Crippen molar-refractivity contribution in [2.45, 2.75) is 56.0 Å². The van der Waals surface area contributed by atoms with E-state index in [2.05, 4.69) is 4.90 Å². The highest BCUT2D eigenvalue weighted by Gasteiger charge is 2.40. The highest BCUT2D eigenvalue weighted by Crippen LogP contribution is 2.46. The maximum atomic E-state index is 13.5. The molecule has 0 amide bonds. The van der Waals surface area contributed by atoms with Crippen molar-refractivity contribution in [1.82, 2.24) is 4.90 Å². The molecule has 2 nitrogen and oxygen atoms in total. The molecule has 0 bridgehead atoms. The standard InChI is InChI=1S/C23H28F2N2/c24-19-5-1-17(2-6-19)23(18-3-7-20(25)8-4-18)13-9-22(10-14-23)27-15-11-21(26)12-16-27/h1-8,21-22H,9-16,26H2. The topological polar surface area (TPSA) is 29.3 Å². The highest BCUT2D eigenvalue weighted by atomic mass is 19.1. The van der Waals surface area contributed by atoms with Crippen molar-refractivity contribution < 1.29 is 8.78 Å². The number of hydrogen-bond donors (Lipinski definition) is 1. The van der Waals surface area contributed by atoms with E-state index < -0.39 is 0 Å². The summed E-state index contributed by atoms with van der Waals surface area (Å²) in [6.45, 7) is 2.18. The highest BCUT2D eigenvalue weighted by molar-refractivity contribution is 5.40. The van der Waals surface area contributed by atoms with Crippen LogP contribution < -0.4 is 5.73 Å². The van der Waals surface area contributed by atoms with E-state index in [4.69, 9.17) is 5.73 Å². The molecule has 1 aliphatic heterocycles.